The molecular formula is C21H23N3O6. The van der Waals surface area contributed by atoms with Gasteiger partial charge in [-0.05, 0) is 31.2 Å². The average Bonchev–Trinajstić information content (AvgIpc) is 2.77. The fourth-order valence-electron chi connectivity index (χ4n) is 3.38. The van der Waals surface area contributed by atoms with Gasteiger partial charge in [0.1, 0.15) is 5.75 Å². The highest BCUT2D eigenvalue weighted by atomic mass is 16.6. The quantitative estimate of drug-likeness (QED) is 0.407. The van der Waals surface area contributed by atoms with Gasteiger partial charge in [0.15, 0.2) is 6.61 Å². The summed E-state index contributed by atoms with van der Waals surface area (Å²) in [6.45, 7) is 3.46. The van der Waals surface area contributed by atoms with Gasteiger partial charge in [0.2, 0.25) is 0 Å². The molecule has 0 unspecified atom stereocenters. The van der Waals surface area contributed by atoms with Crippen LogP contribution in [-0.4, -0.2) is 61.6 Å². The Morgan fingerprint density at radius 1 is 1.10 bits per heavy atom. The minimum absolute atomic E-state index is 0.0736. The molecule has 2 aromatic rings. The van der Waals surface area contributed by atoms with Crippen LogP contribution in [0.3, 0.4) is 0 Å². The lowest BCUT2D eigenvalue weighted by Gasteiger charge is -2.36. The van der Waals surface area contributed by atoms with Crippen molar-refractivity contribution in [1.29, 1.82) is 0 Å². The van der Waals surface area contributed by atoms with E-state index in [9.17, 15) is 19.7 Å². The Labute approximate surface area is 173 Å². The highest BCUT2D eigenvalue weighted by molar-refractivity contribution is 5.92. The van der Waals surface area contributed by atoms with E-state index in [2.05, 4.69) is 4.90 Å². The lowest BCUT2D eigenvalue weighted by atomic mass is 10.1. The third kappa shape index (κ3) is 4.68. The topological polar surface area (TPSA) is 102 Å². The summed E-state index contributed by atoms with van der Waals surface area (Å²) >= 11 is 0. The molecule has 0 radical (unpaired) electrons. The van der Waals surface area contributed by atoms with Crippen LogP contribution in [0.25, 0.3) is 0 Å². The summed E-state index contributed by atoms with van der Waals surface area (Å²) in [6.07, 6.45) is 0. The van der Waals surface area contributed by atoms with E-state index in [4.69, 9.17) is 9.47 Å². The largest absolute Gasteiger partial charge is 0.495 e. The van der Waals surface area contributed by atoms with Gasteiger partial charge < -0.3 is 19.3 Å². The molecule has 0 bridgehead atoms. The molecule has 2 aromatic carbocycles. The Hall–Kier alpha value is -3.62. The number of para-hydroxylation sites is 2. The smallest absolute Gasteiger partial charge is 0.338 e. The molecule has 1 aliphatic rings. The Morgan fingerprint density at radius 2 is 1.80 bits per heavy atom. The third-order valence-electron chi connectivity index (χ3n) is 5.01. The Kier molecular flexibility index (Phi) is 6.51. The zero-order valence-corrected chi connectivity index (χ0v) is 16.9. The van der Waals surface area contributed by atoms with Crippen LogP contribution in [0.5, 0.6) is 5.75 Å². The fraction of sp³-hybridized carbons (Fsp3) is 0.333. The number of nitro benzene ring substituents is 1. The maximum absolute atomic E-state index is 12.4. The van der Waals surface area contributed by atoms with E-state index < -0.39 is 10.9 Å². The lowest BCUT2D eigenvalue weighted by molar-refractivity contribution is -0.385. The van der Waals surface area contributed by atoms with Gasteiger partial charge >= 0.3 is 5.97 Å². The number of ether oxygens (including phenoxy) is 2. The zero-order chi connectivity index (χ0) is 21.7. The van der Waals surface area contributed by atoms with Gasteiger partial charge in [0.05, 0.1) is 23.3 Å². The molecule has 1 heterocycles. The van der Waals surface area contributed by atoms with Gasteiger partial charge in [-0.25, -0.2) is 4.79 Å². The molecule has 1 saturated heterocycles. The van der Waals surface area contributed by atoms with E-state index in [0.717, 1.165) is 11.4 Å². The molecule has 30 heavy (non-hydrogen) atoms. The van der Waals surface area contributed by atoms with Gasteiger partial charge in [0, 0.05) is 37.8 Å². The maximum Gasteiger partial charge on any atom is 0.338 e. The number of piperazine rings is 1. The number of hydrogen-bond donors (Lipinski definition) is 0. The minimum atomic E-state index is -0.686. The first kappa shape index (κ1) is 21.1. The predicted molar refractivity (Wildman–Crippen MR) is 110 cm³/mol. The molecule has 1 fully saturated rings. The summed E-state index contributed by atoms with van der Waals surface area (Å²) in [5.74, 6) is -0.180. The number of aryl methyl sites for hydroxylation is 1. The fourth-order valence-corrected chi connectivity index (χ4v) is 3.38. The van der Waals surface area contributed by atoms with Crippen LogP contribution in [0.1, 0.15) is 15.9 Å². The van der Waals surface area contributed by atoms with Crippen LogP contribution < -0.4 is 9.64 Å². The molecule has 9 nitrogen and oxygen atoms in total. The zero-order valence-electron chi connectivity index (χ0n) is 16.9. The van der Waals surface area contributed by atoms with E-state index in [1.165, 1.54) is 18.2 Å². The van der Waals surface area contributed by atoms with E-state index in [0.29, 0.717) is 31.7 Å². The molecule has 9 heteroatoms. The number of carbonyl (C=O) groups is 2. The summed E-state index contributed by atoms with van der Waals surface area (Å²) in [6, 6.07) is 11.7. The van der Waals surface area contributed by atoms with Crippen LogP contribution >= 0.6 is 0 Å². The summed E-state index contributed by atoms with van der Waals surface area (Å²) in [4.78, 5) is 38.8. The number of amides is 1. The number of methoxy groups -OCH3 is 1. The van der Waals surface area contributed by atoms with Crippen molar-refractivity contribution in [2.24, 2.45) is 0 Å². The van der Waals surface area contributed by atoms with Gasteiger partial charge in [-0.1, -0.05) is 12.1 Å². The van der Waals surface area contributed by atoms with E-state index in [1.807, 2.05) is 24.3 Å². The third-order valence-corrected chi connectivity index (χ3v) is 5.01. The number of nitro groups is 1. The van der Waals surface area contributed by atoms with Gasteiger partial charge in [-0.3, -0.25) is 14.9 Å². The van der Waals surface area contributed by atoms with Gasteiger partial charge in [-0.2, -0.15) is 0 Å². The van der Waals surface area contributed by atoms with E-state index >= 15 is 0 Å². The van der Waals surface area contributed by atoms with Crippen LogP contribution in [0.4, 0.5) is 11.4 Å². The predicted octanol–water partition coefficient (Wildman–Crippen LogP) is 2.42. The van der Waals surface area contributed by atoms with Crippen molar-refractivity contribution in [1.82, 2.24) is 4.90 Å². The number of nitrogens with zero attached hydrogens (tertiary/aromatic N) is 3. The van der Waals surface area contributed by atoms with Crippen molar-refractivity contribution in [3.05, 3.63) is 63.7 Å². The SMILES string of the molecule is COc1ccccc1N1CCN(C(=O)COC(=O)c2ccc([N+](=O)[O-])c(C)c2)CC1. The first-order valence-corrected chi connectivity index (χ1v) is 9.48. The summed E-state index contributed by atoms with van der Waals surface area (Å²) in [5, 5.41) is 10.9. The first-order valence-electron chi connectivity index (χ1n) is 9.48. The molecule has 1 aliphatic heterocycles. The van der Waals surface area contributed by atoms with Gasteiger partial charge in [0.25, 0.3) is 11.6 Å². The van der Waals surface area contributed by atoms with Crippen molar-refractivity contribution in [3.8, 4) is 5.75 Å². The molecule has 3 rings (SSSR count). The standard InChI is InChI=1S/C21H23N3O6/c1-15-13-16(7-8-17(15)24(27)28)21(26)30-14-20(25)23-11-9-22(10-12-23)18-5-3-4-6-19(18)29-2/h3-8,13H,9-12,14H2,1-2H3. The number of benzene rings is 2. The number of carbonyl (C=O) groups excluding carboxylic acids is 2. The van der Waals surface area contributed by atoms with Crippen LogP contribution in [0.2, 0.25) is 0 Å². The van der Waals surface area contributed by atoms with Gasteiger partial charge in [-0.15, -0.1) is 0 Å². The number of hydrogen-bond acceptors (Lipinski definition) is 7. The average molecular weight is 413 g/mol. The second-order valence-electron chi connectivity index (χ2n) is 6.87. The van der Waals surface area contributed by atoms with Crippen LogP contribution in [0, 0.1) is 17.0 Å². The second kappa shape index (κ2) is 9.25. The molecule has 0 aliphatic carbocycles. The van der Waals surface area contributed by atoms with Crippen LogP contribution in [-0.2, 0) is 9.53 Å². The highest BCUT2D eigenvalue weighted by Crippen LogP contribution is 2.28. The summed E-state index contributed by atoms with van der Waals surface area (Å²) < 4.78 is 10.5. The Bertz CT molecular complexity index is 954. The maximum atomic E-state index is 12.4. The number of rotatable bonds is 6. The Morgan fingerprint density at radius 3 is 2.43 bits per heavy atom. The second-order valence-corrected chi connectivity index (χ2v) is 6.87. The molecule has 1 amide bonds. The first-order chi connectivity index (χ1) is 14.4. The highest BCUT2D eigenvalue weighted by Gasteiger charge is 2.24. The molecule has 158 valence electrons. The minimum Gasteiger partial charge on any atom is -0.495 e. The Balaban J connectivity index is 1.52. The molecule has 0 spiro atoms. The number of anilines is 1. The summed E-state index contributed by atoms with van der Waals surface area (Å²) in [5.41, 5.74) is 1.43. The molecule has 0 saturated carbocycles. The molecule has 0 N–H and O–H groups in total. The normalized spacial score (nSPS) is 13.7. The van der Waals surface area contributed by atoms with Crippen molar-refractivity contribution in [2.75, 3.05) is 44.8 Å². The van der Waals surface area contributed by atoms with E-state index in [-0.39, 0.29) is 23.8 Å². The molecule has 0 aromatic heterocycles. The van der Waals surface area contributed by atoms with Crippen molar-refractivity contribution >= 4 is 23.3 Å². The molecule has 0 atom stereocenters. The monoisotopic (exact) mass is 413 g/mol. The molecular weight excluding hydrogens is 390 g/mol. The van der Waals surface area contributed by atoms with E-state index in [1.54, 1.807) is 18.9 Å². The number of esters is 1. The van der Waals surface area contributed by atoms with Crippen molar-refractivity contribution in [3.63, 3.8) is 0 Å². The van der Waals surface area contributed by atoms with Crippen molar-refractivity contribution in [2.45, 2.75) is 6.92 Å². The van der Waals surface area contributed by atoms with Crippen molar-refractivity contribution < 1.29 is 24.0 Å². The summed E-state index contributed by atoms with van der Waals surface area (Å²) in [7, 11) is 1.62. The van der Waals surface area contributed by atoms with Crippen LogP contribution in [0.15, 0.2) is 42.5 Å². The lowest BCUT2D eigenvalue weighted by Crippen LogP contribution is -2.50.